The Balaban J connectivity index is 0.000000177. The summed E-state index contributed by atoms with van der Waals surface area (Å²) in [5, 5.41) is 10.5. The van der Waals surface area contributed by atoms with Crippen LogP contribution in [0.25, 0.3) is 22.1 Å². The molecule has 0 spiro atoms. The largest absolute Gasteiger partial charge is 0.481 e. The Labute approximate surface area is 345 Å². The summed E-state index contributed by atoms with van der Waals surface area (Å²) in [5.74, 6) is -0.942. The first-order valence-corrected chi connectivity index (χ1v) is 20.2. The first-order chi connectivity index (χ1) is 28.1. The maximum atomic E-state index is 13.3. The van der Waals surface area contributed by atoms with Crippen LogP contribution in [0.15, 0.2) is 97.1 Å². The summed E-state index contributed by atoms with van der Waals surface area (Å²) < 4.78 is 9.00. The smallest absolute Gasteiger partial charge is 0.309 e. The maximum absolute atomic E-state index is 13.3. The number of halogens is 2. The molecule has 8 rings (SSSR count). The van der Waals surface area contributed by atoms with Crippen molar-refractivity contribution in [2.45, 2.75) is 45.7 Å². The highest BCUT2D eigenvalue weighted by atomic mass is 35.5. The van der Waals surface area contributed by atoms with Crippen molar-refractivity contribution >= 4 is 69.0 Å². The van der Waals surface area contributed by atoms with E-state index in [-0.39, 0.29) is 29.6 Å². The highest BCUT2D eigenvalue weighted by Crippen LogP contribution is 2.26. The minimum atomic E-state index is -0.790. The van der Waals surface area contributed by atoms with Crippen molar-refractivity contribution in [1.82, 2.24) is 28.9 Å². The van der Waals surface area contributed by atoms with Gasteiger partial charge in [-0.15, -0.1) is 0 Å². The summed E-state index contributed by atoms with van der Waals surface area (Å²) in [6, 6.07) is 30.5. The topological polar surface area (TPSA) is 140 Å². The third-order valence-electron chi connectivity index (χ3n) is 10.7. The number of fused-ring (bicyclic) bond motifs is 2. The van der Waals surface area contributed by atoms with E-state index in [0.29, 0.717) is 93.3 Å². The van der Waals surface area contributed by atoms with E-state index in [9.17, 15) is 24.3 Å². The first-order valence-electron chi connectivity index (χ1n) is 19.5. The third kappa shape index (κ3) is 9.19. The van der Waals surface area contributed by atoms with Crippen LogP contribution in [0, 0.1) is 11.8 Å². The van der Waals surface area contributed by atoms with Crippen LogP contribution in [0.1, 0.15) is 65.0 Å². The minimum Gasteiger partial charge on any atom is -0.481 e. The highest BCUT2D eigenvalue weighted by molar-refractivity contribution is 6.30. The second kappa shape index (κ2) is 18.3. The molecule has 4 aromatic carbocycles. The zero-order valence-electron chi connectivity index (χ0n) is 32.1. The van der Waals surface area contributed by atoms with Gasteiger partial charge in [-0.3, -0.25) is 19.2 Å². The fourth-order valence-corrected chi connectivity index (χ4v) is 7.79. The van der Waals surface area contributed by atoms with Gasteiger partial charge in [0.15, 0.2) is 0 Å². The van der Waals surface area contributed by atoms with Crippen LogP contribution in [-0.2, 0) is 27.4 Å². The first kappa shape index (κ1) is 40.5. The van der Waals surface area contributed by atoms with E-state index in [2.05, 4.69) is 9.97 Å². The van der Waals surface area contributed by atoms with Crippen molar-refractivity contribution in [3.8, 4) is 0 Å². The summed E-state index contributed by atoms with van der Waals surface area (Å²) in [4.78, 5) is 62.4. The minimum absolute atomic E-state index is 0.109. The van der Waals surface area contributed by atoms with E-state index in [1.54, 1.807) is 9.80 Å². The molecular formula is C44H44Cl2N6O6. The molecule has 2 aliphatic heterocycles. The second-order valence-electron chi connectivity index (χ2n) is 14.5. The molecule has 12 nitrogen and oxygen atoms in total. The Bertz CT molecular complexity index is 2410. The number of imidazole rings is 2. The zero-order chi connectivity index (χ0) is 40.8. The lowest BCUT2D eigenvalue weighted by atomic mass is 9.97. The SMILES string of the molecule is CCOC(=O)C1CCN(C(=O)c2nc3ccccc3n2Cc2ccc(Cl)cc2)CC1.O=C(O)C1CCN(C(=O)c2nc3ccccc3n2Cc2ccc(Cl)cc2)CC1. The molecule has 2 saturated heterocycles. The lowest BCUT2D eigenvalue weighted by molar-refractivity contribution is -0.149. The molecule has 58 heavy (non-hydrogen) atoms. The van der Waals surface area contributed by atoms with Gasteiger partial charge in [-0.25, -0.2) is 9.97 Å². The van der Waals surface area contributed by atoms with Crippen LogP contribution in [0.3, 0.4) is 0 Å². The molecule has 0 atom stereocenters. The number of ether oxygens (including phenoxy) is 1. The van der Waals surface area contributed by atoms with E-state index < -0.39 is 5.97 Å². The molecule has 1 N–H and O–H groups in total. The molecule has 0 aliphatic carbocycles. The number of carboxylic acid groups (broad SMARTS) is 1. The van der Waals surface area contributed by atoms with Gasteiger partial charge in [0.2, 0.25) is 11.6 Å². The number of esters is 1. The normalized spacial score (nSPS) is 14.9. The van der Waals surface area contributed by atoms with Crippen LogP contribution in [-0.4, -0.2) is 90.5 Å². The number of hydrogen-bond donors (Lipinski definition) is 1. The second-order valence-corrected chi connectivity index (χ2v) is 15.4. The molecule has 0 saturated carbocycles. The Morgan fingerprint density at radius 2 is 1.02 bits per heavy atom. The van der Waals surface area contributed by atoms with Crippen LogP contribution in [0.2, 0.25) is 10.0 Å². The van der Waals surface area contributed by atoms with Crippen molar-refractivity contribution in [1.29, 1.82) is 0 Å². The number of para-hydroxylation sites is 4. The van der Waals surface area contributed by atoms with Crippen molar-refractivity contribution in [2.24, 2.45) is 11.8 Å². The predicted octanol–water partition coefficient (Wildman–Crippen LogP) is 7.83. The molecule has 6 aromatic rings. The molecule has 4 heterocycles. The Morgan fingerprint density at radius 3 is 1.41 bits per heavy atom. The lowest BCUT2D eigenvalue weighted by Crippen LogP contribution is -2.41. The number of carboxylic acids is 1. The van der Waals surface area contributed by atoms with Crippen LogP contribution < -0.4 is 0 Å². The molecule has 0 unspecified atom stereocenters. The summed E-state index contributed by atoms with van der Waals surface area (Å²) >= 11 is 12.0. The molecule has 2 aliphatic rings. The summed E-state index contributed by atoms with van der Waals surface area (Å²) in [6.45, 7) is 5.12. The Morgan fingerprint density at radius 1 is 0.621 bits per heavy atom. The number of hydrogen-bond acceptors (Lipinski definition) is 7. The van der Waals surface area contributed by atoms with Crippen molar-refractivity contribution in [3.63, 3.8) is 0 Å². The highest BCUT2D eigenvalue weighted by Gasteiger charge is 2.32. The fraction of sp³-hybridized carbons (Fsp3) is 0.318. The van der Waals surface area contributed by atoms with Gasteiger partial charge >= 0.3 is 11.9 Å². The predicted molar refractivity (Wildman–Crippen MR) is 222 cm³/mol. The molecule has 0 radical (unpaired) electrons. The molecule has 300 valence electrons. The van der Waals surface area contributed by atoms with Gasteiger partial charge in [0.1, 0.15) is 0 Å². The number of piperidine rings is 2. The zero-order valence-corrected chi connectivity index (χ0v) is 33.6. The van der Waals surface area contributed by atoms with Gasteiger partial charge in [0.05, 0.1) is 40.5 Å². The number of nitrogens with zero attached hydrogens (tertiary/aromatic N) is 6. The monoisotopic (exact) mass is 822 g/mol. The van der Waals surface area contributed by atoms with Gasteiger partial charge in [-0.2, -0.15) is 0 Å². The summed E-state index contributed by atoms with van der Waals surface area (Å²) in [5.41, 5.74) is 5.42. The number of amides is 2. The van der Waals surface area contributed by atoms with Gasteiger partial charge < -0.3 is 28.8 Å². The number of carbonyl (C=O) groups excluding carboxylic acids is 3. The van der Waals surface area contributed by atoms with Crippen LogP contribution in [0.5, 0.6) is 0 Å². The standard InChI is InChI=1S/C23H24ClN3O3.C21H20ClN3O3/c1-2-30-23(29)17-11-13-26(14-12-17)22(28)21-25-19-5-3-4-6-20(19)27(21)15-16-7-9-18(24)10-8-16;22-16-7-5-14(6-8-16)13-25-18-4-2-1-3-17(18)23-19(25)20(26)24-11-9-15(10-12-24)21(27)28/h3-10,17H,2,11-15H2,1H3;1-8,15H,9-13H2,(H,27,28). The van der Waals surface area contributed by atoms with E-state index in [1.807, 2.05) is 113 Å². The number of aliphatic carboxylic acids is 1. The molecular weight excluding hydrogens is 779 g/mol. The number of rotatable bonds is 9. The van der Waals surface area contributed by atoms with E-state index in [0.717, 1.165) is 33.2 Å². The van der Waals surface area contributed by atoms with Gasteiger partial charge in [-0.1, -0.05) is 71.7 Å². The number of aromatic nitrogens is 4. The van der Waals surface area contributed by atoms with E-state index in [1.165, 1.54) is 0 Å². The lowest BCUT2D eigenvalue weighted by Gasteiger charge is -2.30. The van der Waals surface area contributed by atoms with E-state index >= 15 is 0 Å². The molecule has 2 amide bonds. The quantitative estimate of drug-likeness (QED) is 0.146. The molecule has 2 aromatic heterocycles. The summed E-state index contributed by atoms with van der Waals surface area (Å²) in [6.07, 6.45) is 2.17. The van der Waals surface area contributed by atoms with Crippen molar-refractivity contribution < 1.29 is 29.0 Å². The maximum Gasteiger partial charge on any atom is 0.309 e. The Hall–Kier alpha value is -5.72. The average Bonchev–Trinajstić information content (AvgIpc) is 3.80. The van der Waals surface area contributed by atoms with E-state index in [4.69, 9.17) is 27.9 Å². The number of benzene rings is 4. The number of carbonyl (C=O) groups is 4. The Kier molecular flexibility index (Phi) is 12.7. The van der Waals surface area contributed by atoms with Gasteiger partial charge in [-0.05, 0) is 92.3 Å². The fourth-order valence-electron chi connectivity index (χ4n) is 7.53. The van der Waals surface area contributed by atoms with Gasteiger partial charge in [0, 0.05) is 49.3 Å². The number of likely N-dealkylation sites (tertiary alicyclic amines) is 2. The van der Waals surface area contributed by atoms with Crippen LogP contribution >= 0.6 is 23.2 Å². The summed E-state index contributed by atoms with van der Waals surface area (Å²) in [7, 11) is 0. The van der Waals surface area contributed by atoms with Gasteiger partial charge in [0.25, 0.3) is 11.8 Å². The molecule has 2 fully saturated rings. The molecule has 0 bridgehead atoms. The third-order valence-corrected chi connectivity index (χ3v) is 11.2. The average molecular weight is 824 g/mol. The molecule has 14 heteroatoms. The van der Waals surface area contributed by atoms with Crippen LogP contribution in [0.4, 0.5) is 0 Å². The van der Waals surface area contributed by atoms with Crippen molar-refractivity contribution in [3.05, 3.63) is 130 Å². The van der Waals surface area contributed by atoms with Crippen molar-refractivity contribution in [2.75, 3.05) is 32.8 Å².